The first kappa shape index (κ1) is 16.3. The Balaban J connectivity index is 2.68. The van der Waals surface area contributed by atoms with E-state index in [0.717, 1.165) is 24.8 Å². The van der Waals surface area contributed by atoms with E-state index >= 15 is 0 Å². The van der Waals surface area contributed by atoms with Crippen molar-refractivity contribution >= 4 is 11.8 Å². The summed E-state index contributed by atoms with van der Waals surface area (Å²) >= 11 is 0. The second-order valence-electron chi connectivity index (χ2n) is 5.72. The van der Waals surface area contributed by atoms with E-state index in [2.05, 4.69) is 5.32 Å². The number of anilines is 1. The number of benzene rings is 1. The predicted octanol–water partition coefficient (Wildman–Crippen LogP) is 3.02. The molecule has 0 fully saturated rings. The van der Waals surface area contributed by atoms with Crippen LogP contribution in [0.25, 0.3) is 0 Å². The number of nitrogens with one attached hydrogen (secondary N) is 1. The van der Waals surface area contributed by atoms with Crippen molar-refractivity contribution in [3.05, 3.63) is 23.8 Å². The zero-order valence-corrected chi connectivity index (χ0v) is 12.4. The topological polar surface area (TPSA) is 84.6 Å². The largest absolute Gasteiger partial charge is 0.506 e. The number of unbranched alkanes of at least 4 members (excludes halogenated alkanes) is 1. The van der Waals surface area contributed by atoms with Crippen molar-refractivity contribution in [1.29, 1.82) is 0 Å². The quantitative estimate of drug-likeness (QED) is 0.571. The zero-order chi connectivity index (χ0) is 15.2. The van der Waals surface area contributed by atoms with E-state index in [1.807, 2.05) is 6.07 Å². The van der Waals surface area contributed by atoms with Crippen LogP contribution in [0.2, 0.25) is 0 Å². The summed E-state index contributed by atoms with van der Waals surface area (Å²) in [6.07, 6.45) is 2.22. The minimum atomic E-state index is -0.577. The van der Waals surface area contributed by atoms with Crippen LogP contribution in [-0.2, 0) is 11.2 Å². The van der Waals surface area contributed by atoms with E-state index < -0.39 is 11.7 Å². The molecular formula is C15H24N2O3. The molecule has 5 heteroatoms. The van der Waals surface area contributed by atoms with E-state index in [4.69, 9.17) is 10.5 Å². The van der Waals surface area contributed by atoms with Crippen molar-refractivity contribution < 1.29 is 14.6 Å². The molecule has 0 saturated carbocycles. The van der Waals surface area contributed by atoms with Crippen molar-refractivity contribution in [1.82, 2.24) is 0 Å². The maximum Gasteiger partial charge on any atom is 0.412 e. The lowest BCUT2D eigenvalue weighted by Crippen LogP contribution is -2.27. The third kappa shape index (κ3) is 5.93. The molecule has 0 aliphatic rings. The Labute approximate surface area is 120 Å². The van der Waals surface area contributed by atoms with Crippen molar-refractivity contribution in [2.24, 2.45) is 5.73 Å². The lowest BCUT2D eigenvalue weighted by molar-refractivity contribution is 0.0635. The van der Waals surface area contributed by atoms with E-state index in [9.17, 15) is 9.90 Å². The number of hydrogen-bond acceptors (Lipinski definition) is 4. The molecule has 1 amide bonds. The second-order valence-corrected chi connectivity index (χ2v) is 5.72. The molecule has 0 radical (unpaired) electrons. The number of phenols is 1. The number of rotatable bonds is 5. The summed E-state index contributed by atoms with van der Waals surface area (Å²) < 4.78 is 5.16. The van der Waals surface area contributed by atoms with Crippen molar-refractivity contribution in [3.8, 4) is 5.75 Å². The van der Waals surface area contributed by atoms with Gasteiger partial charge in [0.15, 0.2) is 0 Å². The van der Waals surface area contributed by atoms with Gasteiger partial charge in [-0.05, 0) is 64.3 Å². The Morgan fingerprint density at radius 2 is 2.05 bits per heavy atom. The molecular weight excluding hydrogens is 256 g/mol. The molecule has 5 nitrogen and oxygen atoms in total. The SMILES string of the molecule is CC(C)(C)OC(=O)Nc1cc(CCCCN)ccc1O. The summed E-state index contributed by atoms with van der Waals surface area (Å²) in [4.78, 5) is 11.7. The van der Waals surface area contributed by atoms with E-state index in [0.29, 0.717) is 12.2 Å². The number of carbonyl (C=O) groups is 1. The Kier molecular flexibility index (Phi) is 5.82. The molecule has 0 heterocycles. The Morgan fingerprint density at radius 3 is 2.65 bits per heavy atom. The van der Waals surface area contributed by atoms with Gasteiger partial charge < -0.3 is 15.6 Å². The molecule has 0 bridgehead atoms. The molecule has 0 aliphatic heterocycles. The number of aromatic hydroxyl groups is 1. The monoisotopic (exact) mass is 280 g/mol. The van der Waals surface area contributed by atoms with Gasteiger partial charge in [0.25, 0.3) is 0 Å². The highest BCUT2D eigenvalue weighted by molar-refractivity contribution is 5.87. The van der Waals surface area contributed by atoms with Crippen LogP contribution in [0.15, 0.2) is 18.2 Å². The highest BCUT2D eigenvalue weighted by Gasteiger charge is 2.17. The number of aryl methyl sites for hydroxylation is 1. The maximum atomic E-state index is 11.7. The minimum Gasteiger partial charge on any atom is -0.506 e. The van der Waals surface area contributed by atoms with Gasteiger partial charge in [-0.3, -0.25) is 5.32 Å². The molecule has 1 aromatic carbocycles. The molecule has 0 spiro atoms. The molecule has 0 aromatic heterocycles. The van der Waals surface area contributed by atoms with Gasteiger partial charge in [-0.15, -0.1) is 0 Å². The fraction of sp³-hybridized carbons (Fsp3) is 0.533. The zero-order valence-electron chi connectivity index (χ0n) is 12.4. The fourth-order valence-corrected chi connectivity index (χ4v) is 1.73. The number of hydrogen-bond donors (Lipinski definition) is 3. The van der Waals surface area contributed by atoms with Crippen LogP contribution in [-0.4, -0.2) is 23.3 Å². The van der Waals surface area contributed by atoms with Crippen LogP contribution in [0.1, 0.15) is 39.2 Å². The average Bonchev–Trinajstić information content (AvgIpc) is 2.31. The fourth-order valence-electron chi connectivity index (χ4n) is 1.73. The third-order valence-electron chi connectivity index (χ3n) is 2.62. The highest BCUT2D eigenvalue weighted by Crippen LogP contribution is 2.25. The molecule has 4 N–H and O–H groups in total. The van der Waals surface area contributed by atoms with Gasteiger partial charge in [-0.25, -0.2) is 4.79 Å². The van der Waals surface area contributed by atoms with Crippen LogP contribution < -0.4 is 11.1 Å². The van der Waals surface area contributed by atoms with Crippen LogP contribution in [0.5, 0.6) is 5.75 Å². The van der Waals surface area contributed by atoms with Gasteiger partial charge in [0.2, 0.25) is 0 Å². The van der Waals surface area contributed by atoms with E-state index in [1.54, 1.807) is 32.9 Å². The number of ether oxygens (including phenoxy) is 1. The Morgan fingerprint density at radius 1 is 1.35 bits per heavy atom. The molecule has 20 heavy (non-hydrogen) atoms. The van der Waals surface area contributed by atoms with Crippen LogP contribution in [0.3, 0.4) is 0 Å². The normalized spacial score (nSPS) is 11.2. The number of amides is 1. The Hall–Kier alpha value is -1.75. The standard InChI is InChI=1S/C15H24N2O3/c1-15(2,3)20-14(19)17-12-10-11(6-4-5-9-16)7-8-13(12)18/h7-8,10,18H,4-6,9,16H2,1-3H3,(H,17,19). The number of phenolic OH excluding ortho intramolecular Hbond substituents is 1. The van der Waals surface area contributed by atoms with Crippen molar-refractivity contribution in [2.75, 3.05) is 11.9 Å². The van der Waals surface area contributed by atoms with E-state index in [1.165, 1.54) is 0 Å². The van der Waals surface area contributed by atoms with Crippen LogP contribution in [0.4, 0.5) is 10.5 Å². The van der Waals surface area contributed by atoms with E-state index in [-0.39, 0.29) is 5.75 Å². The van der Waals surface area contributed by atoms with Gasteiger partial charge in [0.1, 0.15) is 11.4 Å². The maximum absolute atomic E-state index is 11.7. The third-order valence-corrected chi connectivity index (χ3v) is 2.62. The van der Waals surface area contributed by atoms with Gasteiger partial charge in [0, 0.05) is 0 Å². The summed E-state index contributed by atoms with van der Waals surface area (Å²) in [7, 11) is 0. The molecule has 0 atom stereocenters. The first-order valence-corrected chi connectivity index (χ1v) is 6.84. The van der Waals surface area contributed by atoms with Gasteiger partial charge in [-0.1, -0.05) is 6.07 Å². The first-order chi connectivity index (χ1) is 9.31. The van der Waals surface area contributed by atoms with Crippen molar-refractivity contribution in [3.63, 3.8) is 0 Å². The minimum absolute atomic E-state index is 0.0263. The van der Waals surface area contributed by atoms with Crippen molar-refractivity contribution in [2.45, 2.75) is 45.6 Å². The Bertz CT molecular complexity index is 453. The van der Waals surface area contributed by atoms with Gasteiger partial charge in [0.05, 0.1) is 5.69 Å². The summed E-state index contributed by atoms with van der Waals surface area (Å²) in [5.74, 6) is 0.0263. The lowest BCUT2D eigenvalue weighted by Gasteiger charge is -2.20. The molecule has 1 rings (SSSR count). The molecule has 0 saturated heterocycles. The predicted molar refractivity (Wildman–Crippen MR) is 80.0 cm³/mol. The average molecular weight is 280 g/mol. The summed E-state index contributed by atoms with van der Waals surface area (Å²) in [6, 6.07) is 5.17. The summed E-state index contributed by atoms with van der Waals surface area (Å²) in [5, 5.41) is 12.3. The van der Waals surface area contributed by atoms with Crippen LogP contribution >= 0.6 is 0 Å². The summed E-state index contributed by atoms with van der Waals surface area (Å²) in [5.41, 5.74) is 6.30. The second kappa shape index (κ2) is 7.14. The molecule has 1 aromatic rings. The number of nitrogens with two attached hydrogens (primary N) is 1. The highest BCUT2D eigenvalue weighted by atomic mass is 16.6. The lowest BCUT2D eigenvalue weighted by atomic mass is 10.1. The van der Waals surface area contributed by atoms with Crippen LogP contribution in [0, 0.1) is 0 Å². The summed E-state index contributed by atoms with van der Waals surface area (Å²) in [6.45, 7) is 6.03. The molecule has 0 aliphatic carbocycles. The van der Waals surface area contributed by atoms with Gasteiger partial charge in [-0.2, -0.15) is 0 Å². The number of carbonyl (C=O) groups excluding carboxylic acids is 1. The first-order valence-electron chi connectivity index (χ1n) is 6.84. The molecule has 112 valence electrons. The smallest absolute Gasteiger partial charge is 0.412 e. The van der Waals surface area contributed by atoms with Gasteiger partial charge >= 0.3 is 6.09 Å². The molecule has 0 unspecified atom stereocenters.